The second-order valence-electron chi connectivity index (χ2n) is 4.91. The van der Waals surface area contributed by atoms with Crippen molar-refractivity contribution < 1.29 is 9.53 Å². The molecule has 104 valence electrons. The molecule has 2 aliphatic rings. The number of thiocarbonyl (C=S) groups is 1. The van der Waals surface area contributed by atoms with Crippen LogP contribution in [0.2, 0.25) is 5.02 Å². The molecular formula is C14H13ClN2O2S. The van der Waals surface area contributed by atoms with Gasteiger partial charge in [-0.25, -0.2) is 4.99 Å². The normalized spacial score (nSPS) is 21.9. The van der Waals surface area contributed by atoms with Crippen molar-refractivity contribution in [3.63, 3.8) is 0 Å². The number of benzene rings is 1. The highest BCUT2D eigenvalue weighted by Crippen LogP contribution is 2.17. The van der Waals surface area contributed by atoms with Crippen LogP contribution in [-0.2, 0) is 4.74 Å². The number of fused-ring (bicyclic) bond motifs is 1. The Morgan fingerprint density at radius 2 is 2.35 bits per heavy atom. The molecule has 1 atom stereocenters. The van der Waals surface area contributed by atoms with Crippen molar-refractivity contribution in [2.45, 2.75) is 18.9 Å². The first-order chi connectivity index (χ1) is 9.56. The van der Waals surface area contributed by atoms with Gasteiger partial charge in [0, 0.05) is 11.6 Å². The van der Waals surface area contributed by atoms with E-state index in [9.17, 15) is 4.79 Å². The molecule has 0 aliphatic carbocycles. The summed E-state index contributed by atoms with van der Waals surface area (Å²) in [5.41, 5.74) is 0.453. The van der Waals surface area contributed by atoms with Crippen molar-refractivity contribution in [3.8, 4) is 0 Å². The molecule has 1 unspecified atom stereocenters. The van der Waals surface area contributed by atoms with Crippen molar-refractivity contribution in [2.75, 3.05) is 13.2 Å². The van der Waals surface area contributed by atoms with Crippen molar-refractivity contribution in [3.05, 3.63) is 33.3 Å². The van der Waals surface area contributed by atoms with E-state index >= 15 is 0 Å². The van der Waals surface area contributed by atoms with Gasteiger partial charge in [-0.2, -0.15) is 0 Å². The van der Waals surface area contributed by atoms with Gasteiger partial charge in [-0.15, -0.1) is 0 Å². The van der Waals surface area contributed by atoms with Gasteiger partial charge in [0.2, 0.25) is 5.11 Å². The molecule has 20 heavy (non-hydrogen) atoms. The molecule has 2 aliphatic heterocycles. The number of halogens is 1. The molecule has 6 heteroatoms. The zero-order valence-electron chi connectivity index (χ0n) is 10.8. The molecule has 0 radical (unpaired) electrons. The lowest BCUT2D eigenvalue weighted by Gasteiger charge is -2.26. The number of rotatable bonds is 2. The zero-order valence-corrected chi connectivity index (χ0v) is 12.3. The van der Waals surface area contributed by atoms with Gasteiger partial charge in [0.05, 0.1) is 23.6 Å². The highest BCUT2D eigenvalue weighted by atomic mass is 35.5. The Kier molecular flexibility index (Phi) is 3.58. The van der Waals surface area contributed by atoms with Crippen LogP contribution in [0.25, 0.3) is 6.58 Å². The largest absolute Gasteiger partial charge is 0.376 e. The van der Waals surface area contributed by atoms with E-state index in [1.54, 1.807) is 12.1 Å². The molecule has 2 heterocycles. The summed E-state index contributed by atoms with van der Waals surface area (Å²) in [7, 11) is 0. The lowest BCUT2D eigenvalue weighted by Crippen LogP contribution is -2.48. The minimum atomic E-state index is -0.178. The summed E-state index contributed by atoms with van der Waals surface area (Å²) < 4.78 is 5.55. The van der Waals surface area contributed by atoms with E-state index in [2.05, 4.69) is 11.6 Å². The number of hydrogen-bond donors (Lipinski definition) is 0. The topological polar surface area (TPSA) is 41.9 Å². The Bertz CT molecular complexity index is 698. The number of nitrogens with zero attached hydrogens (tertiary/aromatic N) is 2. The van der Waals surface area contributed by atoms with Crippen molar-refractivity contribution in [2.24, 2.45) is 4.99 Å². The lowest BCUT2D eigenvalue weighted by atomic mass is 10.1. The van der Waals surface area contributed by atoms with E-state index in [1.165, 1.54) is 4.90 Å². The molecule has 1 fully saturated rings. The van der Waals surface area contributed by atoms with Crippen LogP contribution in [0.3, 0.4) is 0 Å². The van der Waals surface area contributed by atoms with Gasteiger partial charge in [-0.1, -0.05) is 18.2 Å². The Balaban J connectivity index is 1.99. The van der Waals surface area contributed by atoms with Crippen LogP contribution >= 0.6 is 23.8 Å². The van der Waals surface area contributed by atoms with E-state index < -0.39 is 0 Å². The van der Waals surface area contributed by atoms with Gasteiger partial charge in [0.15, 0.2) is 0 Å². The summed E-state index contributed by atoms with van der Waals surface area (Å²) in [5.74, 6) is -0.178. The molecule has 4 nitrogen and oxygen atoms in total. The van der Waals surface area contributed by atoms with Crippen LogP contribution in [0.5, 0.6) is 0 Å². The van der Waals surface area contributed by atoms with Gasteiger partial charge in [0.25, 0.3) is 5.91 Å². The van der Waals surface area contributed by atoms with E-state index in [4.69, 9.17) is 28.6 Å². The van der Waals surface area contributed by atoms with Crippen LogP contribution in [0.4, 0.5) is 0 Å². The number of ether oxygens (including phenoxy) is 1. The zero-order chi connectivity index (χ0) is 14.3. The van der Waals surface area contributed by atoms with Gasteiger partial charge in [-0.05, 0) is 42.4 Å². The first kappa shape index (κ1) is 13.7. The van der Waals surface area contributed by atoms with Crippen LogP contribution < -0.4 is 10.6 Å². The average molecular weight is 309 g/mol. The molecule has 3 rings (SSSR count). The van der Waals surface area contributed by atoms with Gasteiger partial charge in [0.1, 0.15) is 0 Å². The maximum absolute atomic E-state index is 12.6. The third kappa shape index (κ3) is 2.37. The molecule has 0 N–H and O–H groups in total. The summed E-state index contributed by atoms with van der Waals surface area (Å²) in [6.45, 7) is 5.04. The molecule has 0 spiro atoms. The summed E-state index contributed by atoms with van der Waals surface area (Å²) in [6.07, 6.45) is 1.99. The molecule has 1 aromatic rings. The second-order valence-corrected chi connectivity index (χ2v) is 5.71. The Morgan fingerprint density at radius 3 is 3.05 bits per heavy atom. The molecule has 0 aromatic heterocycles. The summed E-state index contributed by atoms with van der Waals surface area (Å²) in [5, 5.41) is 1.88. The van der Waals surface area contributed by atoms with Crippen LogP contribution in [0.15, 0.2) is 17.1 Å². The molecule has 1 aromatic carbocycles. The monoisotopic (exact) mass is 308 g/mol. The minimum Gasteiger partial charge on any atom is -0.376 e. The molecule has 1 amide bonds. The smallest absolute Gasteiger partial charge is 0.262 e. The maximum atomic E-state index is 12.6. The highest BCUT2D eigenvalue weighted by Gasteiger charge is 2.29. The predicted molar refractivity (Wildman–Crippen MR) is 80.4 cm³/mol. The van der Waals surface area contributed by atoms with E-state index in [0.29, 0.717) is 27.7 Å². The summed E-state index contributed by atoms with van der Waals surface area (Å²) in [6, 6.07) is 3.29. The van der Waals surface area contributed by atoms with E-state index in [-0.39, 0.29) is 17.1 Å². The minimum absolute atomic E-state index is 0.0343. The third-order valence-electron chi connectivity index (χ3n) is 3.48. The summed E-state index contributed by atoms with van der Waals surface area (Å²) >= 11 is 11.2. The van der Waals surface area contributed by atoms with Crippen molar-refractivity contribution in [1.29, 1.82) is 0 Å². The van der Waals surface area contributed by atoms with Crippen LogP contribution in [0, 0.1) is 0 Å². The summed E-state index contributed by atoms with van der Waals surface area (Å²) in [4.78, 5) is 18.4. The van der Waals surface area contributed by atoms with Gasteiger partial charge in [-0.3, -0.25) is 9.69 Å². The maximum Gasteiger partial charge on any atom is 0.262 e. The Hall–Kier alpha value is -1.30. The first-order valence-electron chi connectivity index (χ1n) is 6.41. The number of carbonyl (C=O) groups is 1. The third-order valence-corrected chi connectivity index (χ3v) is 4.01. The number of carbonyl (C=O) groups excluding carboxylic acids is 1. The lowest BCUT2D eigenvalue weighted by molar-refractivity contribution is 0.0667. The predicted octanol–water partition coefficient (Wildman–Crippen LogP) is 1.29. The quantitative estimate of drug-likeness (QED) is 0.773. The number of hydrogen-bond acceptors (Lipinski definition) is 3. The Morgan fingerprint density at radius 1 is 1.55 bits per heavy atom. The fraction of sp³-hybridized carbons (Fsp3) is 0.357. The molecule has 0 saturated carbocycles. The average Bonchev–Trinajstić information content (AvgIpc) is 2.89. The molecule has 0 bridgehead atoms. The Labute approximate surface area is 126 Å². The number of amides is 1. The second kappa shape index (κ2) is 5.24. The van der Waals surface area contributed by atoms with Gasteiger partial charge >= 0.3 is 0 Å². The SMILES string of the molecule is C=c1cc(Cl)cc2c1=NC(=S)N(CC1CCCO1)C2=O. The first-order valence-corrected chi connectivity index (χ1v) is 7.19. The van der Waals surface area contributed by atoms with E-state index in [1.807, 2.05) is 0 Å². The molecular weight excluding hydrogens is 296 g/mol. The highest BCUT2D eigenvalue weighted by molar-refractivity contribution is 7.80. The van der Waals surface area contributed by atoms with Crippen LogP contribution in [-0.4, -0.2) is 35.2 Å². The molecule has 1 saturated heterocycles. The standard InChI is InChI=1S/C14H13ClN2O2S/c1-8-5-9(15)6-11-12(8)16-14(20)17(13(11)18)7-10-3-2-4-19-10/h5-6,10H,1-4,7H2. The van der Waals surface area contributed by atoms with Crippen molar-refractivity contribution in [1.82, 2.24) is 4.90 Å². The van der Waals surface area contributed by atoms with Crippen LogP contribution in [0.1, 0.15) is 23.2 Å². The fourth-order valence-corrected chi connectivity index (χ4v) is 2.98. The van der Waals surface area contributed by atoms with Gasteiger partial charge < -0.3 is 4.74 Å². The van der Waals surface area contributed by atoms with E-state index in [0.717, 1.165) is 19.4 Å². The fourth-order valence-electron chi connectivity index (χ4n) is 2.49. The van der Waals surface area contributed by atoms with Crippen molar-refractivity contribution >= 4 is 41.4 Å².